The summed E-state index contributed by atoms with van der Waals surface area (Å²) in [7, 11) is 0. The van der Waals surface area contributed by atoms with E-state index in [-0.39, 0.29) is 5.91 Å². The minimum atomic E-state index is 0.0527. The number of aromatic nitrogens is 2. The fraction of sp³-hybridized carbons (Fsp3) is 0.583. The lowest BCUT2D eigenvalue weighted by atomic mass is 10.2. The standard InChI is InChI=1S/C12H20N4OS2/c1-3-5-6-8-13-10(17)9-18-12-16-15-11(19-12)14-7-4-2/h4H,2-3,5-9H2,1H3,(H,13,17)(H,14,15). The Labute approximate surface area is 122 Å². The van der Waals surface area contributed by atoms with E-state index in [1.54, 1.807) is 6.08 Å². The monoisotopic (exact) mass is 300 g/mol. The maximum atomic E-state index is 11.6. The summed E-state index contributed by atoms with van der Waals surface area (Å²) in [5.41, 5.74) is 0. The fourth-order valence-electron chi connectivity index (χ4n) is 1.28. The van der Waals surface area contributed by atoms with E-state index in [1.165, 1.54) is 23.1 Å². The van der Waals surface area contributed by atoms with E-state index in [2.05, 4.69) is 34.3 Å². The van der Waals surface area contributed by atoms with Gasteiger partial charge in [-0.05, 0) is 6.42 Å². The minimum absolute atomic E-state index is 0.0527. The molecule has 0 fully saturated rings. The third kappa shape index (κ3) is 7.17. The summed E-state index contributed by atoms with van der Waals surface area (Å²) in [6.07, 6.45) is 5.12. The Morgan fingerprint density at radius 2 is 2.32 bits per heavy atom. The first-order valence-corrected chi connectivity index (χ1v) is 8.14. The first-order valence-electron chi connectivity index (χ1n) is 6.34. The van der Waals surface area contributed by atoms with Gasteiger partial charge in [0, 0.05) is 13.1 Å². The van der Waals surface area contributed by atoms with Crippen LogP contribution in [0.3, 0.4) is 0 Å². The summed E-state index contributed by atoms with van der Waals surface area (Å²) in [6, 6.07) is 0. The number of rotatable bonds is 10. The van der Waals surface area contributed by atoms with Gasteiger partial charge in [-0.3, -0.25) is 4.79 Å². The molecule has 1 aromatic heterocycles. The van der Waals surface area contributed by atoms with Crippen molar-refractivity contribution in [2.75, 3.05) is 24.2 Å². The highest BCUT2D eigenvalue weighted by molar-refractivity contribution is 8.01. The number of nitrogens with zero attached hydrogens (tertiary/aromatic N) is 2. The molecule has 0 spiro atoms. The third-order valence-electron chi connectivity index (χ3n) is 2.23. The van der Waals surface area contributed by atoms with Crippen LogP contribution >= 0.6 is 23.1 Å². The third-order valence-corrected chi connectivity index (χ3v) is 4.25. The predicted octanol–water partition coefficient (Wildman–Crippen LogP) is 2.53. The molecule has 0 atom stereocenters. The number of amides is 1. The molecule has 106 valence electrons. The van der Waals surface area contributed by atoms with Crippen molar-refractivity contribution in [3.63, 3.8) is 0 Å². The molecule has 0 aromatic carbocycles. The molecule has 0 radical (unpaired) electrons. The van der Waals surface area contributed by atoms with Gasteiger partial charge in [-0.15, -0.1) is 16.8 Å². The van der Waals surface area contributed by atoms with Crippen molar-refractivity contribution in [1.29, 1.82) is 0 Å². The molecule has 0 unspecified atom stereocenters. The van der Waals surface area contributed by atoms with Crippen LogP contribution in [0, 0.1) is 0 Å². The average Bonchev–Trinajstić information content (AvgIpc) is 2.87. The Bertz CT molecular complexity index is 395. The molecule has 1 amide bonds. The van der Waals surface area contributed by atoms with Gasteiger partial charge in [-0.1, -0.05) is 48.9 Å². The zero-order valence-corrected chi connectivity index (χ0v) is 12.8. The molecule has 0 bridgehead atoms. The predicted molar refractivity (Wildman–Crippen MR) is 81.9 cm³/mol. The van der Waals surface area contributed by atoms with E-state index in [0.717, 1.165) is 35.3 Å². The molecule has 0 saturated carbocycles. The van der Waals surface area contributed by atoms with E-state index in [1.807, 2.05) is 0 Å². The molecular formula is C12H20N4OS2. The molecule has 7 heteroatoms. The van der Waals surface area contributed by atoms with Crippen LogP contribution in [0.5, 0.6) is 0 Å². The fourth-order valence-corrected chi connectivity index (χ4v) is 2.87. The van der Waals surface area contributed by atoms with E-state index >= 15 is 0 Å². The maximum absolute atomic E-state index is 11.6. The summed E-state index contributed by atoms with van der Waals surface area (Å²) in [4.78, 5) is 11.6. The Hall–Kier alpha value is -1.08. The van der Waals surface area contributed by atoms with Crippen LogP contribution in [0.15, 0.2) is 17.0 Å². The lowest BCUT2D eigenvalue weighted by molar-refractivity contribution is -0.118. The van der Waals surface area contributed by atoms with E-state index < -0.39 is 0 Å². The highest BCUT2D eigenvalue weighted by Crippen LogP contribution is 2.24. The smallest absolute Gasteiger partial charge is 0.230 e. The molecule has 1 heterocycles. The molecule has 0 aliphatic rings. The SMILES string of the molecule is C=CCNc1nnc(SCC(=O)NCCCCC)s1. The zero-order valence-electron chi connectivity index (χ0n) is 11.1. The van der Waals surface area contributed by atoms with Gasteiger partial charge in [0.2, 0.25) is 11.0 Å². The number of nitrogens with one attached hydrogen (secondary N) is 2. The van der Waals surface area contributed by atoms with Crippen LogP contribution in [-0.4, -0.2) is 34.9 Å². The highest BCUT2D eigenvalue weighted by Gasteiger charge is 2.07. The lowest BCUT2D eigenvalue weighted by Gasteiger charge is -2.02. The van der Waals surface area contributed by atoms with Crippen LogP contribution in [0.4, 0.5) is 5.13 Å². The van der Waals surface area contributed by atoms with Crippen molar-refractivity contribution in [3.05, 3.63) is 12.7 Å². The van der Waals surface area contributed by atoms with Gasteiger partial charge in [0.25, 0.3) is 0 Å². The quantitative estimate of drug-likeness (QED) is 0.395. The van der Waals surface area contributed by atoms with Crippen LogP contribution in [-0.2, 0) is 4.79 Å². The van der Waals surface area contributed by atoms with E-state index in [9.17, 15) is 4.79 Å². The molecule has 0 saturated heterocycles. The van der Waals surface area contributed by atoms with Gasteiger partial charge in [-0.25, -0.2) is 0 Å². The summed E-state index contributed by atoms with van der Waals surface area (Å²) >= 11 is 2.86. The number of carbonyl (C=O) groups is 1. The van der Waals surface area contributed by atoms with Gasteiger partial charge >= 0.3 is 0 Å². The van der Waals surface area contributed by atoms with Crippen LogP contribution in [0.2, 0.25) is 0 Å². The normalized spacial score (nSPS) is 10.2. The van der Waals surface area contributed by atoms with Crippen molar-refractivity contribution in [2.24, 2.45) is 0 Å². The van der Waals surface area contributed by atoms with Crippen LogP contribution in [0.25, 0.3) is 0 Å². The van der Waals surface area contributed by atoms with Gasteiger partial charge in [0.05, 0.1) is 5.75 Å². The zero-order chi connectivity index (χ0) is 13.9. The van der Waals surface area contributed by atoms with Gasteiger partial charge in [-0.2, -0.15) is 0 Å². The topological polar surface area (TPSA) is 66.9 Å². The second-order valence-electron chi connectivity index (χ2n) is 3.89. The van der Waals surface area contributed by atoms with Crippen molar-refractivity contribution in [3.8, 4) is 0 Å². The average molecular weight is 300 g/mol. The summed E-state index contributed by atoms with van der Waals surface area (Å²) in [5.74, 6) is 0.444. The molecule has 1 rings (SSSR count). The second-order valence-corrected chi connectivity index (χ2v) is 6.09. The first kappa shape index (κ1) is 16.0. The first-order chi connectivity index (χ1) is 9.26. The molecule has 1 aromatic rings. The molecule has 19 heavy (non-hydrogen) atoms. The van der Waals surface area contributed by atoms with Gasteiger partial charge in [0.15, 0.2) is 4.34 Å². The molecule has 0 aliphatic heterocycles. The highest BCUT2D eigenvalue weighted by atomic mass is 32.2. The van der Waals surface area contributed by atoms with Crippen molar-refractivity contribution < 1.29 is 4.79 Å². The number of hydrogen-bond acceptors (Lipinski definition) is 6. The Balaban J connectivity index is 2.18. The largest absolute Gasteiger partial charge is 0.357 e. The van der Waals surface area contributed by atoms with E-state index in [0.29, 0.717) is 12.3 Å². The lowest BCUT2D eigenvalue weighted by Crippen LogP contribution is -2.26. The van der Waals surface area contributed by atoms with Crippen molar-refractivity contribution >= 4 is 34.1 Å². The molecule has 5 nitrogen and oxygen atoms in total. The number of hydrogen-bond donors (Lipinski definition) is 2. The Kier molecular flexibility index (Phi) is 8.24. The van der Waals surface area contributed by atoms with Crippen molar-refractivity contribution in [1.82, 2.24) is 15.5 Å². The summed E-state index contributed by atoms with van der Waals surface area (Å²) in [6.45, 7) is 7.19. The Morgan fingerprint density at radius 1 is 1.47 bits per heavy atom. The van der Waals surface area contributed by atoms with Crippen LogP contribution < -0.4 is 10.6 Å². The van der Waals surface area contributed by atoms with Gasteiger partial charge < -0.3 is 10.6 Å². The van der Waals surface area contributed by atoms with Crippen LogP contribution in [0.1, 0.15) is 26.2 Å². The number of unbranched alkanes of at least 4 members (excludes halogenated alkanes) is 2. The Morgan fingerprint density at radius 3 is 3.05 bits per heavy atom. The summed E-state index contributed by atoms with van der Waals surface area (Å²) < 4.78 is 0.801. The number of thioether (sulfide) groups is 1. The maximum Gasteiger partial charge on any atom is 0.230 e. The number of carbonyl (C=O) groups excluding carboxylic acids is 1. The minimum Gasteiger partial charge on any atom is -0.357 e. The van der Waals surface area contributed by atoms with E-state index in [4.69, 9.17) is 0 Å². The molecule has 0 aliphatic carbocycles. The van der Waals surface area contributed by atoms with Gasteiger partial charge in [0.1, 0.15) is 0 Å². The molecular weight excluding hydrogens is 280 g/mol. The number of anilines is 1. The second kappa shape index (κ2) is 9.80. The molecule has 2 N–H and O–H groups in total. The van der Waals surface area contributed by atoms with Crippen molar-refractivity contribution in [2.45, 2.75) is 30.5 Å². The summed E-state index contributed by atoms with van der Waals surface area (Å²) in [5, 5.41) is 14.7.